The van der Waals surface area contributed by atoms with Crippen LogP contribution in [0, 0.1) is 11.8 Å². The highest BCUT2D eigenvalue weighted by Gasteiger charge is 2.41. The van der Waals surface area contributed by atoms with E-state index >= 15 is 0 Å². The maximum Gasteiger partial charge on any atom is 0.246 e. The highest BCUT2D eigenvalue weighted by atomic mass is 79.9. The molecule has 6 heteroatoms. The van der Waals surface area contributed by atoms with Gasteiger partial charge in [0, 0.05) is 29.3 Å². The summed E-state index contributed by atoms with van der Waals surface area (Å²) in [6.45, 7) is 0.720. The van der Waals surface area contributed by atoms with Crippen molar-refractivity contribution in [3.05, 3.63) is 23.8 Å². The number of benzene rings is 1. The van der Waals surface area contributed by atoms with Crippen LogP contribution in [0.2, 0.25) is 0 Å². The van der Waals surface area contributed by atoms with Crippen LogP contribution >= 0.6 is 15.9 Å². The fourth-order valence-electron chi connectivity index (χ4n) is 4.69. The van der Waals surface area contributed by atoms with Gasteiger partial charge in [-0.2, -0.15) is 5.10 Å². The fourth-order valence-corrected chi connectivity index (χ4v) is 5.09. The first-order valence-corrected chi connectivity index (χ1v) is 12.5. The number of rotatable bonds is 11. The lowest BCUT2D eigenvalue weighted by Crippen LogP contribution is -2.46. The molecule has 3 rings (SSSR count). The second-order valence-corrected chi connectivity index (χ2v) is 9.12. The monoisotopic (exact) mass is 478 g/mol. The van der Waals surface area contributed by atoms with Gasteiger partial charge >= 0.3 is 0 Å². The summed E-state index contributed by atoms with van der Waals surface area (Å²) >= 11 is 3.49. The van der Waals surface area contributed by atoms with Gasteiger partial charge in [0.15, 0.2) is 11.5 Å². The van der Waals surface area contributed by atoms with Crippen LogP contribution in [0.15, 0.2) is 23.3 Å². The van der Waals surface area contributed by atoms with E-state index in [0.29, 0.717) is 11.5 Å². The number of fused-ring (bicyclic) bond motifs is 1. The van der Waals surface area contributed by atoms with Gasteiger partial charge in [-0.15, -0.1) is 0 Å². The maximum absolute atomic E-state index is 13.1. The van der Waals surface area contributed by atoms with E-state index in [-0.39, 0.29) is 17.7 Å². The quantitative estimate of drug-likeness (QED) is 0.298. The van der Waals surface area contributed by atoms with E-state index in [9.17, 15) is 4.79 Å². The molecule has 0 spiro atoms. The van der Waals surface area contributed by atoms with E-state index in [1.54, 1.807) is 19.2 Å². The number of amides is 1. The number of ether oxygens (including phenoxy) is 2. The number of hydrazone groups is 1. The minimum absolute atomic E-state index is 0.0678. The fraction of sp³-hybridized carbons (Fsp3) is 0.667. The summed E-state index contributed by atoms with van der Waals surface area (Å²) in [5.41, 5.74) is 2.08. The Morgan fingerprint density at radius 3 is 2.33 bits per heavy atom. The standard InChI is InChI=1S/C24H35BrN2O3/c1-29-21-14-13-18(17-22(21)30-2)23-19-11-7-8-12-20(19)24(28)27(26-23)16-10-6-4-3-5-9-15-25/h13-14,17,19-20H,3-12,15-16H2,1-2H3. The minimum atomic E-state index is 0.0678. The zero-order valence-corrected chi connectivity index (χ0v) is 20.0. The van der Waals surface area contributed by atoms with Crippen LogP contribution in [-0.4, -0.2) is 42.7 Å². The molecule has 0 saturated heterocycles. The van der Waals surface area contributed by atoms with Gasteiger partial charge in [0.05, 0.1) is 19.9 Å². The van der Waals surface area contributed by atoms with Crippen molar-refractivity contribution in [2.24, 2.45) is 16.9 Å². The maximum atomic E-state index is 13.1. The third-order valence-corrected chi connectivity index (χ3v) is 6.91. The van der Waals surface area contributed by atoms with Gasteiger partial charge in [0.25, 0.3) is 0 Å². The number of hydrogen-bond donors (Lipinski definition) is 0. The van der Waals surface area contributed by atoms with Gasteiger partial charge in [-0.25, -0.2) is 5.01 Å². The number of alkyl halides is 1. The molecule has 1 aromatic rings. The average molecular weight is 479 g/mol. The Bertz CT molecular complexity index is 737. The molecular weight excluding hydrogens is 444 g/mol. The van der Waals surface area contributed by atoms with Crippen LogP contribution in [-0.2, 0) is 4.79 Å². The lowest BCUT2D eigenvalue weighted by molar-refractivity contribution is -0.139. The van der Waals surface area contributed by atoms with E-state index in [4.69, 9.17) is 14.6 Å². The Balaban J connectivity index is 1.74. The topological polar surface area (TPSA) is 51.1 Å². The molecule has 1 aromatic carbocycles. The zero-order chi connectivity index (χ0) is 21.3. The van der Waals surface area contributed by atoms with Crippen LogP contribution in [0.25, 0.3) is 0 Å². The molecule has 1 saturated carbocycles. The molecule has 166 valence electrons. The molecule has 0 bridgehead atoms. The van der Waals surface area contributed by atoms with Crippen molar-refractivity contribution in [2.75, 3.05) is 26.1 Å². The molecule has 2 unspecified atom stereocenters. The summed E-state index contributed by atoms with van der Waals surface area (Å²) in [4.78, 5) is 13.1. The van der Waals surface area contributed by atoms with Gasteiger partial charge in [-0.3, -0.25) is 4.79 Å². The minimum Gasteiger partial charge on any atom is -0.493 e. The predicted molar refractivity (Wildman–Crippen MR) is 125 cm³/mol. The molecule has 2 atom stereocenters. The van der Waals surface area contributed by atoms with Crippen molar-refractivity contribution in [3.63, 3.8) is 0 Å². The molecule has 1 fully saturated rings. The predicted octanol–water partition coefficient (Wildman–Crippen LogP) is 5.79. The number of carbonyl (C=O) groups excluding carboxylic acids is 1. The molecule has 5 nitrogen and oxygen atoms in total. The molecular formula is C24H35BrN2O3. The number of unbranched alkanes of at least 4 members (excludes halogenated alkanes) is 5. The SMILES string of the molecule is COc1ccc(C2=NN(CCCCCCCCBr)C(=O)C3CCCCC23)cc1OC. The molecule has 2 aliphatic rings. The van der Waals surface area contributed by atoms with Crippen LogP contribution in [0.1, 0.15) is 69.8 Å². The summed E-state index contributed by atoms with van der Waals surface area (Å²) in [6, 6.07) is 5.98. The van der Waals surface area contributed by atoms with Crippen LogP contribution in [0.5, 0.6) is 11.5 Å². The van der Waals surface area contributed by atoms with Crippen molar-refractivity contribution >= 4 is 27.5 Å². The summed E-state index contributed by atoms with van der Waals surface area (Å²) < 4.78 is 10.9. The lowest BCUT2D eigenvalue weighted by Gasteiger charge is -2.38. The lowest BCUT2D eigenvalue weighted by atomic mass is 9.73. The molecule has 0 N–H and O–H groups in total. The number of methoxy groups -OCH3 is 2. The number of halogens is 1. The number of carbonyl (C=O) groups is 1. The summed E-state index contributed by atoms with van der Waals surface area (Å²) in [5, 5.41) is 7.74. The average Bonchev–Trinajstić information content (AvgIpc) is 2.79. The smallest absolute Gasteiger partial charge is 0.246 e. The number of hydrogen-bond acceptors (Lipinski definition) is 4. The largest absolute Gasteiger partial charge is 0.493 e. The van der Waals surface area contributed by atoms with E-state index in [2.05, 4.69) is 15.9 Å². The Morgan fingerprint density at radius 2 is 1.63 bits per heavy atom. The summed E-state index contributed by atoms with van der Waals surface area (Å²) in [7, 11) is 3.30. The molecule has 1 aliphatic carbocycles. The highest BCUT2D eigenvalue weighted by molar-refractivity contribution is 9.09. The Hall–Kier alpha value is -1.56. The molecule has 1 amide bonds. The van der Waals surface area contributed by atoms with Crippen molar-refractivity contribution in [3.8, 4) is 11.5 Å². The first kappa shape index (κ1) is 23.1. The normalized spacial score (nSPS) is 21.2. The summed E-state index contributed by atoms with van der Waals surface area (Å²) in [5.74, 6) is 1.93. The molecule has 0 aromatic heterocycles. The molecule has 1 heterocycles. The Morgan fingerprint density at radius 1 is 0.967 bits per heavy atom. The second kappa shape index (κ2) is 11.7. The van der Waals surface area contributed by atoms with Crippen molar-refractivity contribution in [1.82, 2.24) is 5.01 Å². The second-order valence-electron chi connectivity index (χ2n) is 8.32. The third-order valence-electron chi connectivity index (χ3n) is 6.35. The Labute approximate surface area is 189 Å². The Kier molecular flexibility index (Phi) is 9.04. The van der Waals surface area contributed by atoms with Gasteiger partial charge < -0.3 is 9.47 Å². The van der Waals surface area contributed by atoms with Crippen LogP contribution in [0.4, 0.5) is 0 Å². The van der Waals surface area contributed by atoms with E-state index < -0.39 is 0 Å². The molecule has 1 aliphatic heterocycles. The van der Waals surface area contributed by atoms with Crippen molar-refractivity contribution in [1.29, 1.82) is 0 Å². The van der Waals surface area contributed by atoms with Crippen molar-refractivity contribution in [2.45, 2.75) is 64.2 Å². The number of nitrogens with zero attached hydrogens (tertiary/aromatic N) is 2. The van der Waals surface area contributed by atoms with Crippen LogP contribution < -0.4 is 9.47 Å². The van der Waals surface area contributed by atoms with Crippen LogP contribution in [0.3, 0.4) is 0 Å². The van der Waals surface area contributed by atoms with Gasteiger partial charge in [-0.1, -0.05) is 54.5 Å². The highest BCUT2D eigenvalue weighted by Crippen LogP contribution is 2.39. The first-order valence-electron chi connectivity index (χ1n) is 11.4. The third kappa shape index (κ3) is 5.57. The van der Waals surface area contributed by atoms with E-state index in [1.165, 1.54) is 25.7 Å². The van der Waals surface area contributed by atoms with Gasteiger partial charge in [-0.05, 0) is 43.9 Å². The zero-order valence-electron chi connectivity index (χ0n) is 18.4. The first-order chi connectivity index (χ1) is 14.7. The molecule has 0 radical (unpaired) electrons. The van der Waals surface area contributed by atoms with Gasteiger partial charge in [0.1, 0.15) is 0 Å². The molecule has 30 heavy (non-hydrogen) atoms. The van der Waals surface area contributed by atoms with Gasteiger partial charge in [0.2, 0.25) is 5.91 Å². The van der Waals surface area contributed by atoms with E-state index in [0.717, 1.165) is 61.7 Å². The summed E-state index contributed by atoms with van der Waals surface area (Å²) in [6.07, 6.45) is 11.5. The van der Waals surface area contributed by atoms with Crippen molar-refractivity contribution < 1.29 is 14.3 Å². The van der Waals surface area contributed by atoms with E-state index in [1.807, 2.05) is 18.2 Å².